The van der Waals surface area contributed by atoms with E-state index in [1.54, 1.807) is 6.33 Å². The molecular formula is C10H16N4. The van der Waals surface area contributed by atoms with Crippen molar-refractivity contribution < 1.29 is 0 Å². The summed E-state index contributed by atoms with van der Waals surface area (Å²) >= 11 is 0. The summed E-state index contributed by atoms with van der Waals surface area (Å²) in [6.07, 6.45) is 6.42. The summed E-state index contributed by atoms with van der Waals surface area (Å²) in [7, 11) is 0. The minimum absolute atomic E-state index is 0.784. The third-order valence-electron chi connectivity index (χ3n) is 3.41. The molecule has 4 heteroatoms. The molecule has 3 rings (SSSR count). The van der Waals surface area contributed by atoms with Crippen molar-refractivity contribution in [3.05, 3.63) is 12.5 Å². The number of imidazole rings is 1. The molecule has 2 fully saturated rings. The van der Waals surface area contributed by atoms with Crippen molar-refractivity contribution in [2.75, 3.05) is 31.1 Å². The van der Waals surface area contributed by atoms with Crippen LogP contribution in [0.3, 0.4) is 0 Å². The molecule has 2 aliphatic rings. The fourth-order valence-corrected chi connectivity index (χ4v) is 2.63. The first-order valence-corrected chi connectivity index (χ1v) is 5.41. The molecule has 2 aliphatic heterocycles. The Balaban J connectivity index is 1.73. The van der Waals surface area contributed by atoms with Crippen molar-refractivity contribution in [1.82, 2.24) is 14.9 Å². The van der Waals surface area contributed by atoms with Crippen molar-refractivity contribution in [2.24, 2.45) is 0 Å². The highest BCUT2D eigenvalue weighted by molar-refractivity contribution is 5.36. The second-order valence-electron chi connectivity index (χ2n) is 4.21. The van der Waals surface area contributed by atoms with Gasteiger partial charge in [-0.2, -0.15) is 0 Å². The Labute approximate surface area is 83.9 Å². The maximum atomic E-state index is 4.07. The molecule has 76 valence electrons. The zero-order valence-corrected chi connectivity index (χ0v) is 8.32. The summed E-state index contributed by atoms with van der Waals surface area (Å²) in [5.74, 6) is 1.18. The Morgan fingerprint density at radius 3 is 3.21 bits per heavy atom. The van der Waals surface area contributed by atoms with E-state index in [1.165, 1.54) is 38.3 Å². The smallest absolute Gasteiger partial charge is 0.125 e. The number of hydrogen-bond acceptors (Lipinski definition) is 3. The van der Waals surface area contributed by atoms with Crippen LogP contribution in [0.25, 0.3) is 0 Å². The highest BCUT2D eigenvalue weighted by Gasteiger charge is 2.30. The van der Waals surface area contributed by atoms with Gasteiger partial charge in [0.2, 0.25) is 0 Å². The number of fused-ring (bicyclic) bond motifs is 1. The van der Waals surface area contributed by atoms with Crippen LogP contribution in [0.1, 0.15) is 12.8 Å². The van der Waals surface area contributed by atoms with Crippen molar-refractivity contribution in [3.63, 3.8) is 0 Å². The van der Waals surface area contributed by atoms with Gasteiger partial charge in [-0.1, -0.05) is 0 Å². The molecule has 0 amide bonds. The first kappa shape index (κ1) is 8.29. The Bertz CT molecular complexity index is 295. The quantitative estimate of drug-likeness (QED) is 0.711. The van der Waals surface area contributed by atoms with Gasteiger partial charge in [0.05, 0.1) is 12.5 Å². The van der Waals surface area contributed by atoms with E-state index in [1.807, 2.05) is 6.20 Å². The minimum atomic E-state index is 0.784. The van der Waals surface area contributed by atoms with Gasteiger partial charge in [-0.25, -0.2) is 4.98 Å². The molecule has 0 radical (unpaired) electrons. The summed E-state index contributed by atoms with van der Waals surface area (Å²) in [4.78, 5) is 12.3. The zero-order valence-electron chi connectivity index (χ0n) is 8.32. The Morgan fingerprint density at radius 2 is 2.36 bits per heavy atom. The van der Waals surface area contributed by atoms with E-state index in [0.717, 1.165) is 12.6 Å². The Morgan fingerprint density at radius 1 is 1.36 bits per heavy atom. The second-order valence-corrected chi connectivity index (χ2v) is 4.21. The minimum Gasteiger partial charge on any atom is -0.354 e. The van der Waals surface area contributed by atoms with Crippen LogP contribution in [-0.4, -0.2) is 47.1 Å². The lowest BCUT2D eigenvalue weighted by Crippen LogP contribution is -2.50. The molecule has 1 unspecified atom stereocenters. The summed E-state index contributed by atoms with van der Waals surface area (Å²) < 4.78 is 0. The normalized spacial score (nSPS) is 28.0. The summed E-state index contributed by atoms with van der Waals surface area (Å²) in [5, 5.41) is 0. The lowest BCUT2D eigenvalue weighted by molar-refractivity contribution is 0.230. The van der Waals surface area contributed by atoms with Crippen LogP contribution in [0.15, 0.2) is 12.5 Å². The lowest BCUT2D eigenvalue weighted by Gasteiger charge is -2.37. The van der Waals surface area contributed by atoms with Gasteiger partial charge >= 0.3 is 0 Å². The van der Waals surface area contributed by atoms with E-state index >= 15 is 0 Å². The molecule has 1 atom stereocenters. The molecule has 3 heterocycles. The zero-order chi connectivity index (χ0) is 9.38. The highest BCUT2D eigenvalue weighted by Crippen LogP contribution is 2.23. The van der Waals surface area contributed by atoms with Gasteiger partial charge in [0, 0.05) is 25.7 Å². The van der Waals surface area contributed by atoms with Crippen LogP contribution < -0.4 is 4.90 Å². The third kappa shape index (κ3) is 1.30. The van der Waals surface area contributed by atoms with Gasteiger partial charge in [-0.05, 0) is 19.4 Å². The van der Waals surface area contributed by atoms with E-state index in [2.05, 4.69) is 19.8 Å². The SMILES string of the molecule is c1ncc(N2CCN3CCCC3C2)[nH]1. The van der Waals surface area contributed by atoms with Crippen molar-refractivity contribution >= 4 is 5.82 Å². The number of anilines is 1. The number of nitrogens with zero attached hydrogens (tertiary/aromatic N) is 3. The van der Waals surface area contributed by atoms with E-state index < -0.39 is 0 Å². The summed E-state index contributed by atoms with van der Waals surface area (Å²) in [6.45, 7) is 4.83. The monoisotopic (exact) mass is 192 g/mol. The molecule has 0 bridgehead atoms. The van der Waals surface area contributed by atoms with Gasteiger partial charge in [0.25, 0.3) is 0 Å². The standard InChI is InChI=1S/C10H16N4/c1-2-9-7-14(5-4-13(9)3-1)10-6-11-8-12-10/h6,8-9H,1-5,7H2,(H,11,12). The summed E-state index contributed by atoms with van der Waals surface area (Å²) in [6, 6.07) is 0.784. The Hall–Kier alpha value is -1.03. The van der Waals surface area contributed by atoms with Crippen LogP contribution in [0.2, 0.25) is 0 Å². The molecular weight excluding hydrogens is 176 g/mol. The fourth-order valence-electron chi connectivity index (χ4n) is 2.63. The van der Waals surface area contributed by atoms with Crippen molar-refractivity contribution in [3.8, 4) is 0 Å². The molecule has 4 nitrogen and oxygen atoms in total. The second kappa shape index (κ2) is 3.28. The van der Waals surface area contributed by atoms with E-state index in [-0.39, 0.29) is 0 Å². The van der Waals surface area contributed by atoms with Crippen molar-refractivity contribution in [1.29, 1.82) is 0 Å². The number of hydrogen-bond donors (Lipinski definition) is 1. The predicted molar refractivity (Wildman–Crippen MR) is 55.4 cm³/mol. The first-order chi connectivity index (χ1) is 6.93. The van der Waals surface area contributed by atoms with Gasteiger partial charge < -0.3 is 9.88 Å². The molecule has 0 spiro atoms. The number of nitrogens with one attached hydrogen (secondary N) is 1. The van der Waals surface area contributed by atoms with Crippen LogP contribution in [0.5, 0.6) is 0 Å². The van der Waals surface area contributed by atoms with Crippen LogP contribution in [-0.2, 0) is 0 Å². The molecule has 1 N–H and O–H groups in total. The summed E-state index contributed by atoms with van der Waals surface area (Å²) in [5.41, 5.74) is 0. The molecule has 0 saturated carbocycles. The van der Waals surface area contributed by atoms with Gasteiger partial charge in [0.15, 0.2) is 0 Å². The number of rotatable bonds is 1. The molecule has 1 aromatic rings. The van der Waals surface area contributed by atoms with Gasteiger partial charge in [0.1, 0.15) is 5.82 Å². The van der Waals surface area contributed by atoms with Crippen molar-refractivity contribution in [2.45, 2.75) is 18.9 Å². The van der Waals surface area contributed by atoms with Gasteiger partial charge in [-0.3, -0.25) is 4.90 Å². The third-order valence-corrected chi connectivity index (χ3v) is 3.41. The average molecular weight is 192 g/mol. The maximum Gasteiger partial charge on any atom is 0.125 e. The van der Waals surface area contributed by atoms with Crippen LogP contribution in [0.4, 0.5) is 5.82 Å². The van der Waals surface area contributed by atoms with E-state index in [4.69, 9.17) is 0 Å². The largest absolute Gasteiger partial charge is 0.354 e. The average Bonchev–Trinajstić information content (AvgIpc) is 2.88. The molecule has 2 saturated heterocycles. The number of piperazine rings is 1. The number of aromatic amines is 1. The predicted octanol–water partition coefficient (Wildman–Crippen LogP) is 0.694. The molecule has 0 aromatic carbocycles. The molecule has 1 aromatic heterocycles. The van der Waals surface area contributed by atoms with Gasteiger partial charge in [-0.15, -0.1) is 0 Å². The topological polar surface area (TPSA) is 35.2 Å². The molecule has 0 aliphatic carbocycles. The fraction of sp³-hybridized carbons (Fsp3) is 0.700. The van der Waals surface area contributed by atoms with Crippen LogP contribution in [0, 0.1) is 0 Å². The van der Waals surface area contributed by atoms with Crippen LogP contribution >= 0.6 is 0 Å². The molecule has 14 heavy (non-hydrogen) atoms. The van der Waals surface area contributed by atoms with E-state index in [9.17, 15) is 0 Å². The number of aromatic nitrogens is 2. The lowest BCUT2D eigenvalue weighted by atomic mass is 10.1. The highest BCUT2D eigenvalue weighted by atomic mass is 15.3. The maximum absolute atomic E-state index is 4.07. The van der Waals surface area contributed by atoms with E-state index in [0.29, 0.717) is 0 Å². The first-order valence-electron chi connectivity index (χ1n) is 5.41. The number of H-pyrrole nitrogens is 1. The Kier molecular flexibility index (Phi) is 1.94.